The van der Waals surface area contributed by atoms with Gasteiger partial charge in [0.05, 0.1) is 0 Å². The fraction of sp³-hybridized carbons (Fsp3) is 0.600. The van der Waals surface area contributed by atoms with E-state index < -0.39 is 0 Å². The Labute approximate surface area is 149 Å². The van der Waals surface area contributed by atoms with Gasteiger partial charge in [-0.3, -0.25) is 4.79 Å². The Morgan fingerprint density at radius 3 is 2.64 bits per heavy atom. The summed E-state index contributed by atoms with van der Waals surface area (Å²) >= 11 is 0. The first-order valence-corrected chi connectivity index (χ1v) is 9.43. The van der Waals surface area contributed by atoms with Crippen molar-refractivity contribution in [1.82, 2.24) is 5.32 Å². The lowest BCUT2D eigenvalue weighted by Crippen LogP contribution is -2.36. The minimum atomic E-state index is -0.292. The molecule has 1 aromatic rings. The van der Waals surface area contributed by atoms with Crippen molar-refractivity contribution >= 4 is 17.9 Å². The van der Waals surface area contributed by atoms with E-state index in [2.05, 4.69) is 17.1 Å². The van der Waals surface area contributed by atoms with E-state index in [1.54, 1.807) is 6.08 Å². The second-order valence-corrected chi connectivity index (χ2v) is 7.32. The molecule has 0 spiro atoms. The van der Waals surface area contributed by atoms with E-state index in [9.17, 15) is 10.1 Å². The van der Waals surface area contributed by atoms with Gasteiger partial charge in [0.15, 0.2) is 5.88 Å². The molecule has 2 aliphatic rings. The highest BCUT2D eigenvalue weighted by atomic mass is 16.4. The average molecular weight is 341 g/mol. The van der Waals surface area contributed by atoms with Crippen molar-refractivity contribution in [2.45, 2.75) is 57.9 Å². The Hall–Kier alpha value is -2.22. The molecule has 0 atom stereocenters. The fourth-order valence-electron chi connectivity index (χ4n) is 3.62. The number of nitrogens with one attached hydrogen (secondary N) is 1. The third kappa shape index (κ3) is 4.66. The molecule has 0 unspecified atom stereocenters. The van der Waals surface area contributed by atoms with Gasteiger partial charge < -0.3 is 14.6 Å². The largest absolute Gasteiger partial charge is 0.441 e. The third-order valence-corrected chi connectivity index (χ3v) is 5.30. The predicted molar refractivity (Wildman–Crippen MR) is 97.9 cm³/mol. The van der Waals surface area contributed by atoms with E-state index in [4.69, 9.17) is 4.42 Å². The van der Waals surface area contributed by atoms with Crippen LogP contribution >= 0.6 is 0 Å². The first kappa shape index (κ1) is 17.6. The van der Waals surface area contributed by atoms with Crippen molar-refractivity contribution in [3.63, 3.8) is 0 Å². The van der Waals surface area contributed by atoms with Gasteiger partial charge in [-0.15, -0.1) is 0 Å². The highest BCUT2D eigenvalue weighted by Gasteiger charge is 2.20. The summed E-state index contributed by atoms with van der Waals surface area (Å²) in [6, 6.07) is 5.96. The molecule has 1 amide bonds. The van der Waals surface area contributed by atoms with Crippen LogP contribution < -0.4 is 10.2 Å². The van der Waals surface area contributed by atoms with Gasteiger partial charge in [0.1, 0.15) is 17.4 Å². The molecule has 1 saturated carbocycles. The molecule has 0 aromatic carbocycles. The number of nitrogens with zero attached hydrogens (tertiary/aromatic N) is 2. The number of amides is 1. The first-order valence-electron chi connectivity index (χ1n) is 9.43. The van der Waals surface area contributed by atoms with Gasteiger partial charge in [-0.2, -0.15) is 5.26 Å². The SMILES string of the molecule is CC1CCN(c2ccc(/C=C(\C#N)C(=O)NC3CCCCC3)o2)CC1. The molecule has 1 saturated heterocycles. The Morgan fingerprint density at radius 1 is 1.24 bits per heavy atom. The van der Waals surface area contributed by atoms with Crippen LogP contribution in [0.15, 0.2) is 22.1 Å². The molecular weight excluding hydrogens is 314 g/mol. The summed E-state index contributed by atoms with van der Waals surface area (Å²) < 4.78 is 5.85. The summed E-state index contributed by atoms with van der Waals surface area (Å²) in [7, 11) is 0. The lowest BCUT2D eigenvalue weighted by atomic mass is 9.95. The number of nitriles is 1. The van der Waals surface area contributed by atoms with Gasteiger partial charge >= 0.3 is 0 Å². The maximum Gasteiger partial charge on any atom is 0.262 e. The van der Waals surface area contributed by atoms with Crippen LogP contribution in [0.4, 0.5) is 5.88 Å². The van der Waals surface area contributed by atoms with Crippen molar-refractivity contribution in [1.29, 1.82) is 5.26 Å². The third-order valence-electron chi connectivity index (χ3n) is 5.30. The van der Waals surface area contributed by atoms with Crippen molar-refractivity contribution in [2.24, 2.45) is 5.92 Å². The van der Waals surface area contributed by atoms with Gasteiger partial charge in [-0.05, 0) is 37.7 Å². The number of anilines is 1. The zero-order valence-corrected chi connectivity index (χ0v) is 15.0. The smallest absolute Gasteiger partial charge is 0.262 e. The molecule has 134 valence electrons. The van der Waals surface area contributed by atoms with Crippen LogP contribution in [0, 0.1) is 17.2 Å². The Bertz CT molecular complexity index is 657. The van der Waals surface area contributed by atoms with Crippen LogP contribution in [-0.2, 0) is 4.79 Å². The molecule has 25 heavy (non-hydrogen) atoms. The van der Waals surface area contributed by atoms with Crippen LogP contribution in [-0.4, -0.2) is 25.0 Å². The van der Waals surface area contributed by atoms with Crippen LogP contribution in [0.3, 0.4) is 0 Å². The zero-order chi connectivity index (χ0) is 17.6. The average Bonchev–Trinajstić information content (AvgIpc) is 3.09. The molecule has 2 heterocycles. The first-order chi connectivity index (χ1) is 12.2. The minimum Gasteiger partial charge on any atom is -0.441 e. The predicted octanol–water partition coefficient (Wildman–Crippen LogP) is 3.87. The maximum atomic E-state index is 12.3. The van der Waals surface area contributed by atoms with E-state index >= 15 is 0 Å². The molecule has 5 nitrogen and oxygen atoms in total. The molecule has 0 radical (unpaired) electrons. The molecule has 2 fully saturated rings. The van der Waals surface area contributed by atoms with Crippen LogP contribution in [0.25, 0.3) is 6.08 Å². The van der Waals surface area contributed by atoms with Crippen LogP contribution in [0.2, 0.25) is 0 Å². The summed E-state index contributed by atoms with van der Waals surface area (Å²) in [5.41, 5.74) is 0.110. The van der Waals surface area contributed by atoms with Crippen LogP contribution in [0.1, 0.15) is 57.6 Å². The monoisotopic (exact) mass is 341 g/mol. The summed E-state index contributed by atoms with van der Waals surface area (Å²) in [5.74, 6) is 1.85. The number of rotatable bonds is 4. The molecule has 0 bridgehead atoms. The van der Waals surface area contributed by atoms with Gasteiger partial charge in [0.2, 0.25) is 0 Å². The molecule has 1 aliphatic heterocycles. The molecule has 5 heteroatoms. The van der Waals surface area contributed by atoms with E-state index in [1.165, 1.54) is 19.3 Å². The molecular formula is C20H27N3O2. The standard InChI is InChI=1S/C20H27N3O2/c1-15-9-11-23(12-10-15)19-8-7-18(25-19)13-16(14-21)20(24)22-17-5-3-2-4-6-17/h7-8,13,15,17H,2-6,9-12H2,1H3,(H,22,24)/b16-13+. The van der Waals surface area contributed by atoms with E-state index in [0.29, 0.717) is 5.76 Å². The molecule has 1 N–H and O–H groups in total. The maximum absolute atomic E-state index is 12.3. The topological polar surface area (TPSA) is 69.3 Å². The van der Waals surface area contributed by atoms with Gasteiger partial charge in [-0.1, -0.05) is 26.2 Å². The van der Waals surface area contributed by atoms with Crippen molar-refractivity contribution in [3.05, 3.63) is 23.5 Å². The second-order valence-electron chi connectivity index (χ2n) is 7.32. The van der Waals surface area contributed by atoms with Gasteiger partial charge in [0, 0.05) is 31.3 Å². The number of hydrogen-bond acceptors (Lipinski definition) is 4. The van der Waals surface area contributed by atoms with Gasteiger partial charge in [-0.25, -0.2) is 0 Å². The molecule has 1 aliphatic carbocycles. The van der Waals surface area contributed by atoms with Crippen LogP contribution in [0.5, 0.6) is 0 Å². The lowest BCUT2D eigenvalue weighted by Gasteiger charge is -2.29. The van der Waals surface area contributed by atoms with Crippen molar-refractivity contribution < 1.29 is 9.21 Å². The Morgan fingerprint density at radius 2 is 1.96 bits per heavy atom. The Kier molecular flexibility index (Phi) is 5.80. The fourth-order valence-corrected chi connectivity index (χ4v) is 3.62. The molecule has 3 rings (SSSR count). The highest BCUT2D eigenvalue weighted by Crippen LogP contribution is 2.26. The number of piperidine rings is 1. The van der Waals surface area contributed by atoms with E-state index in [-0.39, 0.29) is 17.5 Å². The van der Waals surface area contributed by atoms with Crippen molar-refractivity contribution in [2.75, 3.05) is 18.0 Å². The van der Waals surface area contributed by atoms with E-state index in [1.807, 2.05) is 18.2 Å². The number of furan rings is 1. The lowest BCUT2D eigenvalue weighted by molar-refractivity contribution is -0.117. The zero-order valence-electron chi connectivity index (χ0n) is 15.0. The number of hydrogen-bond donors (Lipinski definition) is 1. The van der Waals surface area contributed by atoms with Crippen molar-refractivity contribution in [3.8, 4) is 6.07 Å². The summed E-state index contributed by atoms with van der Waals surface area (Å²) in [6.45, 7) is 4.26. The highest BCUT2D eigenvalue weighted by molar-refractivity contribution is 6.01. The molecule has 1 aromatic heterocycles. The minimum absolute atomic E-state index is 0.110. The number of carbonyl (C=O) groups excluding carboxylic acids is 1. The Balaban J connectivity index is 1.63. The van der Waals surface area contributed by atoms with Gasteiger partial charge in [0.25, 0.3) is 5.91 Å². The summed E-state index contributed by atoms with van der Waals surface area (Å²) in [5, 5.41) is 12.3. The quantitative estimate of drug-likeness (QED) is 0.667. The number of carbonyl (C=O) groups is 1. The summed E-state index contributed by atoms with van der Waals surface area (Å²) in [4.78, 5) is 14.6. The van der Waals surface area contributed by atoms with E-state index in [0.717, 1.165) is 50.6 Å². The summed E-state index contributed by atoms with van der Waals surface area (Å²) in [6.07, 6.45) is 9.41. The second kappa shape index (κ2) is 8.24. The normalized spacial score (nSPS) is 20.3.